The Labute approximate surface area is 156 Å². The van der Waals surface area contributed by atoms with Crippen LogP contribution in [0.25, 0.3) is 0 Å². The van der Waals surface area contributed by atoms with Gasteiger partial charge in [-0.3, -0.25) is 19.3 Å². The second-order valence-corrected chi connectivity index (χ2v) is 7.80. The molecule has 1 aliphatic heterocycles. The molecule has 1 aromatic carbocycles. The molecular weight excluding hydrogens is 355 g/mol. The van der Waals surface area contributed by atoms with E-state index in [1.807, 2.05) is 6.26 Å². The number of likely N-dealkylation sites (tertiary alicyclic amines) is 1. The van der Waals surface area contributed by atoms with Crippen LogP contribution in [0.2, 0.25) is 0 Å². The second kappa shape index (κ2) is 8.20. The van der Waals surface area contributed by atoms with Gasteiger partial charge in [0.25, 0.3) is 0 Å². The van der Waals surface area contributed by atoms with Crippen molar-refractivity contribution in [3.05, 3.63) is 30.1 Å². The highest BCUT2D eigenvalue weighted by Crippen LogP contribution is 2.39. The first-order valence-electron chi connectivity index (χ1n) is 8.96. The van der Waals surface area contributed by atoms with Crippen LogP contribution in [0.15, 0.2) is 24.3 Å². The third-order valence-corrected chi connectivity index (χ3v) is 5.86. The molecule has 1 saturated carbocycles. The lowest BCUT2D eigenvalue weighted by molar-refractivity contribution is -0.146. The molecule has 0 bridgehead atoms. The molecule has 0 aromatic heterocycles. The topological polar surface area (TPSA) is 66.5 Å². The minimum atomic E-state index is -0.896. The van der Waals surface area contributed by atoms with Gasteiger partial charge in [-0.05, 0) is 43.4 Å². The lowest BCUT2D eigenvalue weighted by Gasteiger charge is -2.26. The Bertz CT molecular complexity index is 688. The molecule has 7 heteroatoms. The number of rotatable bonds is 6. The summed E-state index contributed by atoms with van der Waals surface area (Å²) in [6.45, 7) is 0. The van der Waals surface area contributed by atoms with Crippen LogP contribution in [0.3, 0.4) is 0 Å². The zero-order valence-corrected chi connectivity index (χ0v) is 15.6. The van der Waals surface area contributed by atoms with Crippen LogP contribution in [-0.2, 0) is 14.4 Å². The van der Waals surface area contributed by atoms with Gasteiger partial charge in [0.1, 0.15) is 11.9 Å². The number of anilines is 1. The van der Waals surface area contributed by atoms with E-state index in [1.54, 1.807) is 17.8 Å². The van der Waals surface area contributed by atoms with Gasteiger partial charge in [-0.1, -0.05) is 25.0 Å². The molecule has 1 heterocycles. The first-order valence-corrected chi connectivity index (χ1v) is 10.3. The van der Waals surface area contributed by atoms with Crippen molar-refractivity contribution in [2.45, 2.75) is 38.1 Å². The quantitative estimate of drug-likeness (QED) is 0.773. The van der Waals surface area contributed by atoms with Gasteiger partial charge in [-0.15, -0.1) is 0 Å². The van der Waals surface area contributed by atoms with Crippen LogP contribution in [0.1, 0.15) is 32.1 Å². The number of para-hydroxylation sites is 1. The molecular formula is C19H23FN2O3S. The van der Waals surface area contributed by atoms with E-state index in [-0.39, 0.29) is 29.3 Å². The number of benzene rings is 1. The van der Waals surface area contributed by atoms with Crippen molar-refractivity contribution in [1.29, 1.82) is 0 Å². The highest BCUT2D eigenvalue weighted by Gasteiger charge is 2.51. The number of thioether (sulfide) groups is 1. The molecule has 2 fully saturated rings. The summed E-state index contributed by atoms with van der Waals surface area (Å²) >= 11 is 1.54. The number of nitrogens with zero attached hydrogens (tertiary/aromatic N) is 1. The summed E-state index contributed by atoms with van der Waals surface area (Å²) in [6, 6.07) is 4.98. The van der Waals surface area contributed by atoms with Crippen LogP contribution in [0.4, 0.5) is 10.1 Å². The molecule has 0 radical (unpaired) electrons. The molecule has 1 aromatic rings. The average molecular weight is 378 g/mol. The number of carbonyl (C=O) groups is 3. The summed E-state index contributed by atoms with van der Waals surface area (Å²) < 4.78 is 13.9. The molecule has 140 valence electrons. The van der Waals surface area contributed by atoms with Crippen LogP contribution < -0.4 is 5.32 Å². The molecule has 1 N–H and O–H groups in total. The Kier molecular flexibility index (Phi) is 5.96. The summed E-state index contributed by atoms with van der Waals surface area (Å²) in [5, 5.41) is 2.55. The number of fused-ring (bicyclic) bond motifs is 1. The Morgan fingerprint density at radius 1 is 1.23 bits per heavy atom. The molecule has 5 nitrogen and oxygen atoms in total. The second-order valence-electron chi connectivity index (χ2n) is 6.81. The third kappa shape index (κ3) is 3.63. The average Bonchev–Trinajstić information content (AvgIpc) is 2.89. The van der Waals surface area contributed by atoms with Crippen molar-refractivity contribution in [3.8, 4) is 0 Å². The van der Waals surface area contributed by atoms with E-state index in [9.17, 15) is 18.8 Å². The summed E-state index contributed by atoms with van der Waals surface area (Å²) in [5.41, 5.74) is 0.0585. The lowest BCUT2D eigenvalue weighted by atomic mass is 9.81. The van der Waals surface area contributed by atoms with E-state index in [1.165, 1.54) is 18.2 Å². The molecule has 2 aliphatic rings. The molecule has 3 rings (SSSR count). The zero-order valence-electron chi connectivity index (χ0n) is 14.7. The monoisotopic (exact) mass is 378 g/mol. The molecule has 3 amide bonds. The van der Waals surface area contributed by atoms with Gasteiger partial charge in [-0.2, -0.15) is 11.8 Å². The van der Waals surface area contributed by atoms with E-state index in [4.69, 9.17) is 0 Å². The van der Waals surface area contributed by atoms with Gasteiger partial charge in [-0.25, -0.2) is 4.39 Å². The van der Waals surface area contributed by atoms with Gasteiger partial charge in [0, 0.05) is 0 Å². The van der Waals surface area contributed by atoms with Crippen LogP contribution in [0, 0.1) is 17.7 Å². The van der Waals surface area contributed by atoms with E-state index in [0.29, 0.717) is 25.0 Å². The highest BCUT2D eigenvalue weighted by molar-refractivity contribution is 7.98. The standard InChI is InChI=1S/C19H23FN2O3S/c1-26-11-10-16(17(23)21-15-9-5-4-8-14(15)20)22-18(24)12-6-2-3-7-13(12)19(22)25/h4-5,8-9,12-13,16H,2-3,6-7,10-11H2,1H3,(H,21,23)/t12-,13+,16-/m1/s1. The maximum Gasteiger partial charge on any atom is 0.247 e. The number of hydrogen-bond acceptors (Lipinski definition) is 4. The summed E-state index contributed by atoms with van der Waals surface area (Å²) in [6.07, 6.45) is 5.54. The first-order chi connectivity index (χ1) is 12.5. The normalized spacial score (nSPS) is 23.7. The smallest absolute Gasteiger partial charge is 0.247 e. The van der Waals surface area contributed by atoms with Crippen LogP contribution >= 0.6 is 11.8 Å². The highest BCUT2D eigenvalue weighted by atomic mass is 32.2. The lowest BCUT2D eigenvalue weighted by Crippen LogP contribution is -2.48. The van der Waals surface area contributed by atoms with E-state index in [0.717, 1.165) is 17.7 Å². The largest absolute Gasteiger partial charge is 0.322 e. The molecule has 0 spiro atoms. The van der Waals surface area contributed by atoms with Crippen LogP contribution in [-0.4, -0.2) is 40.7 Å². The Morgan fingerprint density at radius 3 is 2.42 bits per heavy atom. The van der Waals surface area contributed by atoms with Crippen LogP contribution in [0.5, 0.6) is 0 Å². The van der Waals surface area contributed by atoms with Crippen molar-refractivity contribution in [3.63, 3.8) is 0 Å². The minimum Gasteiger partial charge on any atom is -0.322 e. The number of carbonyl (C=O) groups excluding carboxylic acids is 3. The zero-order chi connectivity index (χ0) is 18.7. The third-order valence-electron chi connectivity index (χ3n) is 5.22. The van der Waals surface area contributed by atoms with Crippen molar-refractivity contribution in [2.75, 3.05) is 17.3 Å². The van der Waals surface area contributed by atoms with Crippen molar-refractivity contribution < 1.29 is 18.8 Å². The Morgan fingerprint density at radius 2 is 1.85 bits per heavy atom. The minimum absolute atomic E-state index is 0.0585. The fourth-order valence-corrected chi connectivity index (χ4v) is 4.34. The predicted octanol–water partition coefficient (Wildman–Crippen LogP) is 3.06. The SMILES string of the molecule is CSCC[C@H](C(=O)Nc1ccccc1F)N1C(=O)[C@H]2CCCC[C@H]2C1=O. The number of nitrogens with one attached hydrogen (secondary N) is 1. The molecule has 0 unspecified atom stereocenters. The summed E-state index contributed by atoms with van der Waals surface area (Å²) in [4.78, 5) is 39.6. The van der Waals surface area contributed by atoms with E-state index in [2.05, 4.69) is 5.32 Å². The van der Waals surface area contributed by atoms with Gasteiger partial charge in [0.05, 0.1) is 17.5 Å². The molecule has 26 heavy (non-hydrogen) atoms. The predicted molar refractivity (Wildman–Crippen MR) is 99.1 cm³/mol. The van der Waals surface area contributed by atoms with Crippen molar-refractivity contribution in [2.24, 2.45) is 11.8 Å². The Balaban J connectivity index is 1.83. The number of imide groups is 1. The van der Waals surface area contributed by atoms with Gasteiger partial charge >= 0.3 is 0 Å². The fourth-order valence-electron chi connectivity index (χ4n) is 3.88. The van der Waals surface area contributed by atoms with Gasteiger partial charge in [0.2, 0.25) is 17.7 Å². The van der Waals surface area contributed by atoms with Gasteiger partial charge in [0.15, 0.2) is 0 Å². The summed E-state index contributed by atoms with van der Waals surface area (Å²) in [7, 11) is 0. The van der Waals surface area contributed by atoms with E-state index < -0.39 is 17.8 Å². The van der Waals surface area contributed by atoms with E-state index >= 15 is 0 Å². The maximum atomic E-state index is 13.9. The van der Waals surface area contributed by atoms with Crippen molar-refractivity contribution in [1.82, 2.24) is 4.90 Å². The van der Waals surface area contributed by atoms with Crippen molar-refractivity contribution >= 4 is 35.2 Å². The molecule has 1 saturated heterocycles. The Hall–Kier alpha value is -1.89. The number of halogens is 1. The number of hydrogen-bond donors (Lipinski definition) is 1. The summed E-state index contributed by atoms with van der Waals surface area (Å²) in [5.74, 6) is -1.50. The molecule has 1 aliphatic carbocycles. The van der Waals surface area contributed by atoms with Gasteiger partial charge < -0.3 is 5.32 Å². The fraction of sp³-hybridized carbons (Fsp3) is 0.526. The first kappa shape index (κ1) is 18.9. The maximum absolute atomic E-state index is 13.9. The number of amides is 3. The molecule has 3 atom stereocenters.